The van der Waals surface area contributed by atoms with Crippen LogP contribution in [-0.2, 0) is 33.4 Å². The number of sulfone groups is 1. The minimum atomic E-state index is -3.91. The number of nitrogens with one attached hydrogen (secondary N) is 1. The summed E-state index contributed by atoms with van der Waals surface area (Å²) in [6.45, 7) is -0.204. The van der Waals surface area contributed by atoms with Gasteiger partial charge >= 0.3 is 0 Å². The topological polar surface area (TPSA) is 135 Å². The number of fused-ring (bicyclic) bond motifs is 1. The molecule has 2 heterocycles. The van der Waals surface area contributed by atoms with Crippen LogP contribution < -0.4 is 4.72 Å². The third-order valence-electron chi connectivity index (χ3n) is 5.41. The summed E-state index contributed by atoms with van der Waals surface area (Å²) in [5, 5.41) is 7.38. The number of halogens is 1. The van der Waals surface area contributed by atoms with Crippen molar-refractivity contribution in [3.63, 3.8) is 0 Å². The van der Waals surface area contributed by atoms with Gasteiger partial charge < -0.3 is 4.42 Å². The first kappa shape index (κ1) is 25.6. The lowest BCUT2D eigenvalue weighted by Gasteiger charge is -2.12. The molecule has 0 aliphatic rings. The Balaban J connectivity index is 1.56. The van der Waals surface area contributed by atoms with E-state index < -0.39 is 26.4 Å². The highest BCUT2D eigenvalue weighted by Crippen LogP contribution is 2.38. The third-order valence-corrected chi connectivity index (χ3v) is 9.15. The highest BCUT2D eigenvalue weighted by Gasteiger charge is 2.37. The molecule has 0 bridgehead atoms. The van der Waals surface area contributed by atoms with E-state index in [1.165, 1.54) is 11.3 Å². The maximum atomic E-state index is 13.7. The summed E-state index contributed by atoms with van der Waals surface area (Å²) in [6.07, 6.45) is 0. The summed E-state index contributed by atoms with van der Waals surface area (Å²) < 4.78 is 55.9. The Hall–Kier alpha value is -3.00. The third kappa shape index (κ3) is 5.95. The summed E-state index contributed by atoms with van der Waals surface area (Å²) in [7, 11) is -3.91. The van der Waals surface area contributed by atoms with Gasteiger partial charge in [0.1, 0.15) is 5.01 Å². The maximum absolute atomic E-state index is 13.7. The molecule has 0 aliphatic carbocycles. The van der Waals surface area contributed by atoms with Crippen LogP contribution in [0.3, 0.4) is 0 Å². The van der Waals surface area contributed by atoms with Gasteiger partial charge in [0.15, 0.2) is 15.1 Å². The fraction of sp³-hybridized carbons (Fsp3) is 0.125. The predicted molar refractivity (Wildman–Crippen MR) is 143 cm³/mol. The van der Waals surface area contributed by atoms with E-state index in [0.717, 1.165) is 15.8 Å². The van der Waals surface area contributed by atoms with Crippen molar-refractivity contribution in [1.29, 1.82) is 0 Å². The van der Waals surface area contributed by atoms with Crippen molar-refractivity contribution in [2.75, 3.05) is 0 Å². The summed E-state index contributed by atoms with van der Waals surface area (Å²) in [5.74, 6) is -0.453. The van der Waals surface area contributed by atoms with Crippen LogP contribution in [-0.4, -0.2) is 32.4 Å². The van der Waals surface area contributed by atoms with Crippen molar-refractivity contribution in [3.8, 4) is 11.1 Å². The van der Waals surface area contributed by atoms with E-state index in [0.29, 0.717) is 16.1 Å². The number of thiazole rings is 1. The van der Waals surface area contributed by atoms with Crippen LogP contribution in [0.25, 0.3) is 21.3 Å². The number of rotatable bonds is 9. The van der Waals surface area contributed by atoms with Crippen LogP contribution in [0.15, 0.2) is 77.2 Å². The van der Waals surface area contributed by atoms with E-state index in [1.54, 1.807) is 36.4 Å². The molecule has 0 fully saturated rings. The zero-order valence-electron chi connectivity index (χ0n) is 18.9. The second kappa shape index (κ2) is 10.8. The Morgan fingerprint density at radius 1 is 1.03 bits per heavy atom. The molecule has 2 aromatic heterocycles. The summed E-state index contributed by atoms with van der Waals surface area (Å²) in [4.78, 5) is 4.61. The van der Waals surface area contributed by atoms with Crippen molar-refractivity contribution in [2.24, 2.45) is 0 Å². The average Bonchev–Trinajstić information content (AvgIpc) is 3.49. The van der Waals surface area contributed by atoms with E-state index in [4.69, 9.17) is 20.6 Å². The molecule has 0 amide bonds. The van der Waals surface area contributed by atoms with E-state index in [1.807, 2.05) is 36.4 Å². The van der Waals surface area contributed by atoms with Gasteiger partial charge in [-0.1, -0.05) is 60.1 Å². The first-order valence-corrected chi connectivity index (χ1v) is 14.9. The normalized spacial score (nSPS) is 13.6. The fourth-order valence-corrected chi connectivity index (χ4v) is 7.36. The van der Waals surface area contributed by atoms with Crippen LogP contribution in [0.5, 0.6) is 0 Å². The minimum Gasteiger partial charge on any atom is -0.422 e. The van der Waals surface area contributed by atoms with Gasteiger partial charge in [-0.05, 0) is 41.0 Å². The molecule has 5 aromatic rings. The Bertz CT molecular complexity index is 1690. The Morgan fingerprint density at radius 3 is 2.57 bits per heavy atom. The van der Waals surface area contributed by atoms with Gasteiger partial charge in [-0.15, -0.1) is 21.5 Å². The predicted octanol–water partition coefficient (Wildman–Crippen LogP) is 4.93. The van der Waals surface area contributed by atoms with E-state index in [-0.39, 0.29) is 29.1 Å². The van der Waals surface area contributed by atoms with Crippen LogP contribution in [0.2, 0.25) is 5.02 Å². The zero-order valence-corrected chi connectivity index (χ0v) is 22.1. The molecule has 2 atom stereocenters. The molecule has 0 aliphatic heterocycles. The Morgan fingerprint density at radius 2 is 1.81 bits per heavy atom. The van der Waals surface area contributed by atoms with Gasteiger partial charge in [-0.25, -0.2) is 22.3 Å². The van der Waals surface area contributed by atoms with Crippen LogP contribution in [0.1, 0.15) is 27.6 Å². The van der Waals surface area contributed by atoms with E-state index in [9.17, 15) is 12.6 Å². The van der Waals surface area contributed by atoms with Crippen molar-refractivity contribution >= 4 is 54.3 Å². The lowest BCUT2D eigenvalue weighted by molar-refractivity contribution is 0.442. The molecule has 13 heteroatoms. The van der Waals surface area contributed by atoms with Gasteiger partial charge in [-0.3, -0.25) is 4.55 Å². The molecule has 0 spiro atoms. The average molecular weight is 575 g/mol. The Kier molecular flexibility index (Phi) is 7.47. The van der Waals surface area contributed by atoms with Crippen molar-refractivity contribution in [1.82, 2.24) is 19.9 Å². The van der Waals surface area contributed by atoms with Gasteiger partial charge in [0, 0.05) is 5.02 Å². The standard InChI is InChI=1S/C24H19ClN4O5S3/c25-18-8-4-7-16(11-18)17-9-10-19-20(12-17)35-24(27-19)22(23-29-28-21(34-23)13-26-36(30)31)37(32,33)14-15-5-2-1-3-6-15/h1-12,22,26H,13-14H2,(H,30,31). The molecule has 2 N–H and O–H groups in total. The smallest absolute Gasteiger partial charge is 0.241 e. The number of aromatic nitrogens is 3. The van der Waals surface area contributed by atoms with E-state index in [2.05, 4.69) is 19.9 Å². The first-order chi connectivity index (χ1) is 17.8. The molecule has 5 rings (SSSR count). The molecule has 37 heavy (non-hydrogen) atoms. The zero-order chi connectivity index (χ0) is 26.0. The lowest BCUT2D eigenvalue weighted by atomic mass is 10.1. The second-order valence-corrected chi connectivity index (χ2v) is 12.4. The summed E-state index contributed by atoms with van der Waals surface area (Å²) in [6, 6.07) is 21.9. The second-order valence-electron chi connectivity index (χ2n) is 8.02. The largest absolute Gasteiger partial charge is 0.422 e. The number of hydrogen-bond acceptors (Lipinski definition) is 8. The quantitative estimate of drug-likeness (QED) is 0.237. The van der Waals surface area contributed by atoms with Gasteiger partial charge in [0.05, 0.1) is 22.5 Å². The fourth-order valence-electron chi connectivity index (χ4n) is 3.77. The van der Waals surface area contributed by atoms with Crippen molar-refractivity contribution in [3.05, 3.63) is 100 Å². The van der Waals surface area contributed by atoms with Crippen LogP contribution in [0, 0.1) is 0 Å². The molecule has 0 radical (unpaired) electrons. The molecule has 2 unspecified atom stereocenters. The van der Waals surface area contributed by atoms with E-state index >= 15 is 0 Å². The summed E-state index contributed by atoms with van der Waals surface area (Å²) >= 11 is 5.08. The van der Waals surface area contributed by atoms with Gasteiger partial charge in [0.2, 0.25) is 23.0 Å². The molecular weight excluding hydrogens is 556 g/mol. The molecular formula is C24H19ClN4O5S3. The first-order valence-electron chi connectivity index (χ1n) is 10.9. The van der Waals surface area contributed by atoms with Crippen LogP contribution >= 0.6 is 22.9 Å². The maximum Gasteiger partial charge on any atom is 0.241 e. The van der Waals surface area contributed by atoms with Gasteiger partial charge in [0.25, 0.3) is 0 Å². The highest BCUT2D eigenvalue weighted by atomic mass is 35.5. The van der Waals surface area contributed by atoms with Gasteiger partial charge in [-0.2, -0.15) is 0 Å². The monoisotopic (exact) mass is 574 g/mol. The van der Waals surface area contributed by atoms with Crippen molar-refractivity contribution < 1.29 is 21.6 Å². The molecule has 0 saturated heterocycles. The number of hydrogen-bond donors (Lipinski definition) is 2. The SMILES string of the molecule is O=S(O)NCc1nnc(C(c2nc3ccc(-c4cccc(Cl)c4)cc3s2)S(=O)(=O)Cc2ccccc2)o1. The molecule has 190 valence electrons. The van der Waals surface area contributed by atoms with Crippen molar-refractivity contribution in [2.45, 2.75) is 17.5 Å². The number of benzene rings is 3. The highest BCUT2D eigenvalue weighted by molar-refractivity contribution is 7.91. The summed E-state index contributed by atoms with van der Waals surface area (Å²) in [5.41, 5.74) is 3.07. The molecule has 0 saturated carbocycles. The Labute approximate surface area is 223 Å². The number of nitrogens with zero attached hydrogens (tertiary/aromatic N) is 3. The molecule has 9 nitrogen and oxygen atoms in total. The van der Waals surface area contributed by atoms with Crippen LogP contribution in [0.4, 0.5) is 0 Å². The minimum absolute atomic E-state index is 0.0262. The molecule has 3 aromatic carbocycles. The lowest BCUT2D eigenvalue weighted by Crippen LogP contribution is -2.17.